The Morgan fingerprint density at radius 1 is 1.46 bits per heavy atom. The molecule has 3 N–H and O–H groups in total. The number of anilines is 1. The van der Waals surface area contributed by atoms with Crippen LogP contribution in [0.2, 0.25) is 0 Å². The Morgan fingerprint density at radius 2 is 2.07 bits per heavy atom. The minimum absolute atomic E-state index is 0.0365. The van der Waals surface area contributed by atoms with Gasteiger partial charge in [0.1, 0.15) is 5.60 Å². The summed E-state index contributed by atoms with van der Waals surface area (Å²) in [6.07, 6.45) is 2.33. The number of nitrogens with one attached hydrogen (secondary N) is 1. The first-order valence-electron chi connectivity index (χ1n) is 8.93. The maximum atomic E-state index is 12.2. The molecule has 11 nitrogen and oxygen atoms in total. The van der Waals surface area contributed by atoms with Crippen LogP contribution < -0.4 is 10.6 Å². The molecule has 1 fully saturated rings. The van der Waals surface area contributed by atoms with Crippen molar-refractivity contribution < 1.29 is 19.2 Å². The average Bonchev–Trinajstić information content (AvgIpc) is 3.03. The second-order valence-corrected chi connectivity index (χ2v) is 7.53. The molecule has 2 heterocycles. The molecule has 2 rings (SSSR count). The highest BCUT2D eigenvalue weighted by molar-refractivity contribution is 5.97. The quantitative estimate of drug-likeness (QED) is 0.424. The molecule has 1 aliphatic heterocycles. The van der Waals surface area contributed by atoms with Gasteiger partial charge in [-0.05, 0) is 33.6 Å². The molecular formula is C17H26N6O5. The molecule has 28 heavy (non-hydrogen) atoms. The number of primary amides is 1. The number of rotatable bonds is 6. The van der Waals surface area contributed by atoms with Crippen LogP contribution in [0.25, 0.3) is 0 Å². The smallest absolute Gasteiger partial charge is 0.410 e. The van der Waals surface area contributed by atoms with E-state index in [2.05, 4.69) is 16.8 Å². The van der Waals surface area contributed by atoms with E-state index in [1.165, 1.54) is 0 Å². The second-order valence-electron chi connectivity index (χ2n) is 7.53. The van der Waals surface area contributed by atoms with Gasteiger partial charge in [0.15, 0.2) is 0 Å². The first kappa shape index (κ1) is 21.2. The van der Waals surface area contributed by atoms with Crippen molar-refractivity contribution in [1.82, 2.24) is 15.1 Å². The van der Waals surface area contributed by atoms with Crippen molar-refractivity contribution in [1.29, 1.82) is 0 Å². The Labute approximate surface area is 162 Å². The minimum atomic E-state index is -0.955. The van der Waals surface area contributed by atoms with Crippen LogP contribution in [-0.4, -0.2) is 63.3 Å². The number of piperidine rings is 1. The first-order valence-corrected chi connectivity index (χ1v) is 8.93. The number of nitro groups is 1. The van der Waals surface area contributed by atoms with Crippen LogP contribution in [0.4, 0.5) is 16.3 Å². The van der Waals surface area contributed by atoms with Crippen LogP contribution in [0.15, 0.2) is 12.7 Å². The number of hydrogen-bond acceptors (Lipinski definition) is 7. The number of carbonyl (C=O) groups is 2. The molecule has 1 aliphatic rings. The van der Waals surface area contributed by atoms with Gasteiger partial charge in [-0.15, -0.1) is 11.7 Å². The van der Waals surface area contributed by atoms with E-state index < -0.39 is 22.1 Å². The number of nitrogens with zero attached hydrogens (tertiary/aromatic N) is 4. The summed E-state index contributed by atoms with van der Waals surface area (Å²) in [7, 11) is 0. The highest BCUT2D eigenvalue weighted by atomic mass is 16.6. The van der Waals surface area contributed by atoms with E-state index in [1.807, 2.05) is 0 Å². The van der Waals surface area contributed by atoms with Crippen molar-refractivity contribution in [2.24, 2.45) is 5.73 Å². The van der Waals surface area contributed by atoms with Crippen molar-refractivity contribution in [2.75, 3.05) is 24.5 Å². The number of aromatic nitrogens is 2. The minimum Gasteiger partial charge on any atom is -0.444 e. The van der Waals surface area contributed by atoms with E-state index in [-0.39, 0.29) is 23.6 Å². The Morgan fingerprint density at radius 3 is 2.54 bits per heavy atom. The summed E-state index contributed by atoms with van der Waals surface area (Å²) in [6, 6.07) is -0.126. The van der Waals surface area contributed by atoms with Crippen molar-refractivity contribution >= 4 is 23.5 Å². The van der Waals surface area contributed by atoms with Crippen LogP contribution in [0.5, 0.6) is 0 Å². The Balaban J connectivity index is 2.19. The maximum Gasteiger partial charge on any atom is 0.410 e. The zero-order chi connectivity index (χ0) is 21.1. The van der Waals surface area contributed by atoms with Crippen molar-refractivity contribution in [3.05, 3.63) is 28.5 Å². The lowest BCUT2D eigenvalue weighted by Crippen LogP contribution is -2.48. The van der Waals surface area contributed by atoms with Gasteiger partial charge in [0.2, 0.25) is 11.5 Å². The molecule has 0 atom stereocenters. The lowest BCUT2D eigenvalue weighted by Gasteiger charge is -2.38. The van der Waals surface area contributed by atoms with Gasteiger partial charge in [-0.2, -0.15) is 0 Å². The summed E-state index contributed by atoms with van der Waals surface area (Å²) in [5, 5.41) is 17.8. The predicted octanol–water partition coefficient (Wildman–Crippen LogP) is 1.81. The molecule has 1 saturated heterocycles. The van der Waals surface area contributed by atoms with Gasteiger partial charge in [0.05, 0.1) is 4.92 Å². The van der Waals surface area contributed by atoms with Gasteiger partial charge in [-0.1, -0.05) is 6.08 Å². The number of amides is 2. The average molecular weight is 394 g/mol. The van der Waals surface area contributed by atoms with Crippen LogP contribution >= 0.6 is 0 Å². The first-order chi connectivity index (χ1) is 13.0. The van der Waals surface area contributed by atoms with Crippen molar-refractivity contribution in [3.8, 4) is 0 Å². The fourth-order valence-electron chi connectivity index (χ4n) is 3.11. The largest absolute Gasteiger partial charge is 0.444 e. The predicted molar refractivity (Wildman–Crippen MR) is 102 cm³/mol. The van der Waals surface area contributed by atoms with E-state index in [0.29, 0.717) is 32.5 Å². The standard InChI is InChI=1S/C17H26N6O5/c1-5-8-22(15-13(23(26)27)12(14(18)24)19-20-15)11-6-9-21(10-7-11)16(25)28-17(2,3)4/h5,11H,1,6-10H2,2-4H3,(H2,18,24)(H,19,20). The van der Waals surface area contributed by atoms with Gasteiger partial charge in [0, 0.05) is 25.7 Å². The second kappa shape index (κ2) is 8.28. The summed E-state index contributed by atoms with van der Waals surface area (Å²) < 4.78 is 5.38. The molecule has 0 aromatic carbocycles. The number of H-pyrrole nitrogens is 1. The van der Waals surface area contributed by atoms with Gasteiger partial charge >= 0.3 is 11.8 Å². The molecule has 154 valence electrons. The lowest BCUT2D eigenvalue weighted by molar-refractivity contribution is -0.384. The van der Waals surface area contributed by atoms with Gasteiger partial charge in [-0.25, -0.2) is 4.79 Å². The molecule has 0 aliphatic carbocycles. The van der Waals surface area contributed by atoms with E-state index >= 15 is 0 Å². The molecular weight excluding hydrogens is 368 g/mol. The Hall–Kier alpha value is -3.11. The van der Waals surface area contributed by atoms with Crippen LogP contribution in [-0.2, 0) is 4.74 Å². The van der Waals surface area contributed by atoms with Crippen LogP contribution in [0.3, 0.4) is 0 Å². The number of aromatic amines is 1. The number of ether oxygens (including phenoxy) is 1. The number of carbonyl (C=O) groups excluding carboxylic acids is 2. The maximum absolute atomic E-state index is 12.2. The zero-order valence-electron chi connectivity index (χ0n) is 16.3. The Kier molecular flexibility index (Phi) is 6.26. The third kappa shape index (κ3) is 4.78. The van der Waals surface area contributed by atoms with E-state index in [9.17, 15) is 19.7 Å². The fraction of sp³-hybridized carbons (Fsp3) is 0.588. The molecule has 0 spiro atoms. The van der Waals surface area contributed by atoms with Crippen molar-refractivity contribution in [3.63, 3.8) is 0 Å². The number of nitrogens with two attached hydrogens (primary N) is 1. The van der Waals surface area contributed by atoms with Crippen LogP contribution in [0.1, 0.15) is 44.1 Å². The summed E-state index contributed by atoms with van der Waals surface area (Å²) in [4.78, 5) is 37.8. The number of likely N-dealkylation sites (tertiary alicyclic amines) is 1. The lowest BCUT2D eigenvalue weighted by atomic mass is 10.0. The Bertz CT molecular complexity index is 761. The summed E-state index contributed by atoms with van der Waals surface area (Å²) in [6.45, 7) is 10.3. The molecule has 0 saturated carbocycles. The number of hydrogen-bond donors (Lipinski definition) is 2. The third-order valence-corrected chi connectivity index (χ3v) is 4.31. The zero-order valence-corrected chi connectivity index (χ0v) is 16.3. The highest BCUT2D eigenvalue weighted by Crippen LogP contribution is 2.32. The van der Waals surface area contributed by atoms with Gasteiger partial charge in [-0.3, -0.25) is 20.0 Å². The fourth-order valence-corrected chi connectivity index (χ4v) is 3.11. The van der Waals surface area contributed by atoms with E-state index in [1.54, 1.807) is 36.6 Å². The SMILES string of the molecule is C=CCN(c1n[nH]c(C(N)=O)c1[N+](=O)[O-])C1CCN(C(=O)OC(C)(C)C)CC1. The van der Waals surface area contributed by atoms with Gasteiger partial charge in [0.25, 0.3) is 5.91 Å². The summed E-state index contributed by atoms with van der Waals surface area (Å²) >= 11 is 0. The molecule has 1 aromatic heterocycles. The van der Waals surface area contributed by atoms with Crippen molar-refractivity contribution in [2.45, 2.75) is 45.3 Å². The molecule has 1 aromatic rings. The summed E-state index contributed by atoms with van der Waals surface area (Å²) in [5.74, 6) is -0.918. The van der Waals surface area contributed by atoms with Crippen LogP contribution in [0, 0.1) is 10.1 Å². The highest BCUT2D eigenvalue weighted by Gasteiger charge is 2.36. The van der Waals surface area contributed by atoms with E-state index in [0.717, 1.165) is 0 Å². The topological polar surface area (TPSA) is 148 Å². The molecule has 11 heteroatoms. The molecule has 0 unspecified atom stereocenters. The van der Waals surface area contributed by atoms with E-state index in [4.69, 9.17) is 10.5 Å². The summed E-state index contributed by atoms with van der Waals surface area (Å²) in [5.41, 5.74) is 3.83. The molecule has 2 amide bonds. The normalized spacial score (nSPS) is 15.2. The molecule has 0 radical (unpaired) electrons. The monoisotopic (exact) mass is 394 g/mol. The van der Waals surface area contributed by atoms with Gasteiger partial charge < -0.3 is 20.3 Å². The molecule has 0 bridgehead atoms. The third-order valence-electron chi connectivity index (χ3n) is 4.31.